The average molecular weight is 396 g/mol. The largest absolute Gasteiger partial charge is 0.349 e. The van der Waals surface area contributed by atoms with Gasteiger partial charge in [0.2, 0.25) is 21.8 Å². The molecule has 2 amide bonds. The molecule has 0 spiro atoms. The van der Waals surface area contributed by atoms with Gasteiger partial charge in [-0.2, -0.15) is 0 Å². The Labute approximate surface area is 156 Å². The topological polar surface area (TPSA) is 118 Å². The fourth-order valence-electron chi connectivity index (χ4n) is 2.32. The molecule has 0 unspecified atom stereocenters. The molecule has 0 aliphatic rings. The summed E-state index contributed by atoms with van der Waals surface area (Å²) in [6, 6.07) is 11.8. The zero-order valence-corrected chi connectivity index (χ0v) is 15.5. The molecule has 0 radical (unpaired) electrons. The number of nitrogens with two attached hydrogens (primary N) is 1. The SMILES string of the molecule is CC(=O)N[C@H](CC(=O)Nc1ccc(S(N)(=O)=O)cc1)c1ccc(Cl)cc1. The van der Waals surface area contributed by atoms with E-state index in [2.05, 4.69) is 10.6 Å². The lowest BCUT2D eigenvalue weighted by Crippen LogP contribution is -2.29. The molecule has 138 valence electrons. The highest BCUT2D eigenvalue weighted by molar-refractivity contribution is 7.89. The summed E-state index contributed by atoms with van der Waals surface area (Å²) >= 11 is 5.86. The molecule has 0 aromatic heterocycles. The van der Waals surface area contributed by atoms with Crippen molar-refractivity contribution < 1.29 is 18.0 Å². The van der Waals surface area contributed by atoms with Crippen LogP contribution < -0.4 is 15.8 Å². The van der Waals surface area contributed by atoms with E-state index in [9.17, 15) is 18.0 Å². The number of anilines is 1. The smallest absolute Gasteiger partial charge is 0.238 e. The second kappa shape index (κ2) is 8.31. The van der Waals surface area contributed by atoms with Gasteiger partial charge in [0.15, 0.2) is 0 Å². The minimum Gasteiger partial charge on any atom is -0.349 e. The lowest BCUT2D eigenvalue weighted by molar-refractivity contribution is -0.120. The molecule has 4 N–H and O–H groups in total. The third-order valence-corrected chi connectivity index (χ3v) is 4.69. The number of halogens is 1. The van der Waals surface area contributed by atoms with E-state index in [-0.39, 0.29) is 23.1 Å². The fourth-order valence-corrected chi connectivity index (χ4v) is 2.96. The summed E-state index contributed by atoms with van der Waals surface area (Å²) in [6.07, 6.45) is -0.00183. The highest BCUT2D eigenvalue weighted by atomic mass is 35.5. The first-order valence-corrected chi connectivity index (χ1v) is 9.53. The number of carbonyl (C=O) groups is 2. The van der Waals surface area contributed by atoms with Crippen molar-refractivity contribution in [3.05, 3.63) is 59.1 Å². The molecular formula is C17H18ClN3O4S. The van der Waals surface area contributed by atoms with Crippen LogP contribution in [0.5, 0.6) is 0 Å². The molecule has 0 bridgehead atoms. The second-order valence-corrected chi connectivity index (χ2v) is 7.62. The van der Waals surface area contributed by atoms with Crippen LogP contribution in [0.4, 0.5) is 5.69 Å². The van der Waals surface area contributed by atoms with Gasteiger partial charge in [0.25, 0.3) is 0 Å². The monoisotopic (exact) mass is 395 g/mol. The summed E-state index contributed by atoms with van der Waals surface area (Å²) < 4.78 is 22.5. The third-order valence-electron chi connectivity index (χ3n) is 3.51. The zero-order valence-electron chi connectivity index (χ0n) is 13.9. The Morgan fingerprint density at radius 1 is 1.08 bits per heavy atom. The number of primary sulfonamides is 1. The number of amides is 2. The summed E-state index contributed by atoms with van der Waals surface area (Å²) in [5, 5.41) is 11.0. The van der Waals surface area contributed by atoms with E-state index in [0.717, 1.165) is 5.56 Å². The minimum absolute atomic E-state index is 0.00183. The summed E-state index contributed by atoms with van der Waals surface area (Å²) in [7, 11) is -3.79. The quantitative estimate of drug-likeness (QED) is 0.694. The fraction of sp³-hybridized carbons (Fsp3) is 0.176. The van der Waals surface area contributed by atoms with Gasteiger partial charge in [-0.1, -0.05) is 23.7 Å². The lowest BCUT2D eigenvalue weighted by atomic mass is 10.0. The molecule has 1 atom stereocenters. The molecule has 26 heavy (non-hydrogen) atoms. The molecule has 0 aliphatic heterocycles. The maximum absolute atomic E-state index is 12.3. The van der Waals surface area contributed by atoms with Gasteiger partial charge in [0.05, 0.1) is 17.4 Å². The molecule has 2 aromatic carbocycles. The van der Waals surface area contributed by atoms with Crippen LogP contribution in [0.25, 0.3) is 0 Å². The number of benzene rings is 2. The van der Waals surface area contributed by atoms with Crippen molar-refractivity contribution in [2.75, 3.05) is 5.32 Å². The van der Waals surface area contributed by atoms with Crippen molar-refractivity contribution in [3.63, 3.8) is 0 Å². The number of nitrogens with one attached hydrogen (secondary N) is 2. The molecule has 0 fully saturated rings. The lowest BCUT2D eigenvalue weighted by Gasteiger charge is -2.18. The predicted molar refractivity (Wildman–Crippen MR) is 99.1 cm³/mol. The van der Waals surface area contributed by atoms with E-state index in [0.29, 0.717) is 10.7 Å². The van der Waals surface area contributed by atoms with Gasteiger partial charge in [0, 0.05) is 17.6 Å². The van der Waals surface area contributed by atoms with Crippen LogP contribution in [-0.4, -0.2) is 20.2 Å². The van der Waals surface area contributed by atoms with Gasteiger partial charge in [-0.15, -0.1) is 0 Å². The highest BCUT2D eigenvalue weighted by Gasteiger charge is 2.17. The van der Waals surface area contributed by atoms with Crippen molar-refractivity contribution in [2.45, 2.75) is 24.3 Å². The number of hydrogen-bond donors (Lipinski definition) is 3. The minimum atomic E-state index is -3.79. The molecule has 7 nitrogen and oxygen atoms in total. The number of carbonyl (C=O) groups excluding carboxylic acids is 2. The molecule has 9 heteroatoms. The van der Waals surface area contributed by atoms with Gasteiger partial charge in [-0.05, 0) is 42.0 Å². The van der Waals surface area contributed by atoms with Crippen LogP contribution in [0, 0.1) is 0 Å². The van der Waals surface area contributed by atoms with Crippen molar-refractivity contribution in [3.8, 4) is 0 Å². The molecule has 0 saturated heterocycles. The van der Waals surface area contributed by atoms with Crippen molar-refractivity contribution >= 4 is 39.1 Å². The van der Waals surface area contributed by atoms with Gasteiger partial charge >= 0.3 is 0 Å². The van der Waals surface area contributed by atoms with E-state index < -0.39 is 16.1 Å². The zero-order chi connectivity index (χ0) is 19.3. The first-order chi connectivity index (χ1) is 12.1. The van der Waals surface area contributed by atoms with E-state index in [1.165, 1.54) is 31.2 Å². The molecule has 0 saturated carbocycles. The Hall–Kier alpha value is -2.42. The van der Waals surface area contributed by atoms with Crippen molar-refractivity contribution in [2.24, 2.45) is 5.14 Å². The highest BCUT2D eigenvalue weighted by Crippen LogP contribution is 2.21. The van der Waals surface area contributed by atoms with Gasteiger partial charge in [-0.3, -0.25) is 9.59 Å². The number of hydrogen-bond acceptors (Lipinski definition) is 4. The van der Waals surface area contributed by atoms with Gasteiger partial charge in [-0.25, -0.2) is 13.6 Å². The van der Waals surface area contributed by atoms with Crippen LogP contribution in [0.1, 0.15) is 24.9 Å². The van der Waals surface area contributed by atoms with Crippen LogP contribution in [0.3, 0.4) is 0 Å². The van der Waals surface area contributed by atoms with E-state index in [1.807, 2.05) is 0 Å². The van der Waals surface area contributed by atoms with Gasteiger partial charge < -0.3 is 10.6 Å². The Kier molecular flexibility index (Phi) is 6.36. The summed E-state index contributed by atoms with van der Waals surface area (Å²) in [5.74, 6) is -0.614. The maximum atomic E-state index is 12.3. The molecule has 0 heterocycles. The Balaban J connectivity index is 2.09. The van der Waals surface area contributed by atoms with Crippen LogP contribution in [0.2, 0.25) is 5.02 Å². The Morgan fingerprint density at radius 2 is 1.65 bits per heavy atom. The normalized spacial score (nSPS) is 12.3. The average Bonchev–Trinajstić information content (AvgIpc) is 2.54. The molecule has 2 rings (SSSR count). The maximum Gasteiger partial charge on any atom is 0.238 e. The summed E-state index contributed by atoms with van der Waals surface area (Å²) in [5.41, 5.74) is 1.16. The Morgan fingerprint density at radius 3 is 2.15 bits per heavy atom. The van der Waals surface area contributed by atoms with Crippen LogP contribution >= 0.6 is 11.6 Å². The molecule has 2 aromatic rings. The summed E-state index contributed by atoms with van der Waals surface area (Å²) in [6.45, 7) is 1.37. The van der Waals surface area contributed by atoms with Crippen molar-refractivity contribution in [1.82, 2.24) is 5.32 Å². The van der Waals surface area contributed by atoms with Gasteiger partial charge in [0.1, 0.15) is 0 Å². The first kappa shape index (κ1) is 19.9. The van der Waals surface area contributed by atoms with E-state index >= 15 is 0 Å². The van der Waals surface area contributed by atoms with Crippen LogP contribution in [0.15, 0.2) is 53.4 Å². The number of rotatable bonds is 6. The summed E-state index contributed by atoms with van der Waals surface area (Å²) in [4.78, 5) is 23.7. The first-order valence-electron chi connectivity index (χ1n) is 7.60. The second-order valence-electron chi connectivity index (χ2n) is 5.63. The standard InChI is InChI=1S/C17H18ClN3O4S/c1-11(22)20-16(12-2-4-13(18)5-3-12)10-17(23)21-14-6-8-15(9-7-14)26(19,24)25/h2-9,16H,10H2,1H3,(H,20,22)(H,21,23)(H2,19,24,25)/t16-/m1/s1. The van der Waals surface area contributed by atoms with E-state index in [1.54, 1.807) is 24.3 Å². The Bertz CT molecular complexity index is 897. The van der Waals surface area contributed by atoms with Crippen LogP contribution in [-0.2, 0) is 19.6 Å². The van der Waals surface area contributed by atoms with Crippen molar-refractivity contribution in [1.29, 1.82) is 0 Å². The third kappa shape index (κ3) is 5.83. The number of sulfonamides is 1. The molecule has 0 aliphatic carbocycles. The molecular weight excluding hydrogens is 378 g/mol. The predicted octanol–water partition coefficient (Wildman–Crippen LogP) is 2.19. The van der Waals surface area contributed by atoms with E-state index in [4.69, 9.17) is 16.7 Å².